The summed E-state index contributed by atoms with van der Waals surface area (Å²) in [6, 6.07) is 5.59. The van der Waals surface area contributed by atoms with E-state index in [4.69, 9.17) is 5.11 Å². The fraction of sp³-hybridized carbons (Fsp3) is 0.0769. The van der Waals surface area contributed by atoms with Gasteiger partial charge in [0.05, 0.1) is 16.1 Å². The van der Waals surface area contributed by atoms with Gasteiger partial charge >= 0.3 is 5.97 Å². The van der Waals surface area contributed by atoms with E-state index in [9.17, 15) is 14.7 Å². The number of thiophene rings is 1. The Morgan fingerprint density at radius 2 is 2.00 bits per heavy atom. The van der Waals surface area contributed by atoms with E-state index in [0.717, 1.165) is 11.6 Å². The number of hydrogen-bond donors (Lipinski definition) is 3. The highest BCUT2D eigenvalue weighted by Gasteiger charge is 2.16. The lowest BCUT2D eigenvalue weighted by atomic mass is 10.1. The first-order valence-corrected chi connectivity index (χ1v) is 6.28. The van der Waals surface area contributed by atoms with Crippen LogP contribution in [0.15, 0.2) is 29.6 Å². The van der Waals surface area contributed by atoms with Gasteiger partial charge in [0.1, 0.15) is 5.75 Å². The minimum absolute atomic E-state index is 0.150. The molecule has 98 valence electrons. The highest BCUT2D eigenvalue weighted by molar-refractivity contribution is 7.12. The smallest absolute Gasteiger partial charge is 0.337 e. The van der Waals surface area contributed by atoms with Gasteiger partial charge in [-0.15, -0.1) is 11.3 Å². The number of carbonyl (C=O) groups is 2. The van der Waals surface area contributed by atoms with Gasteiger partial charge in [-0.1, -0.05) is 0 Å². The number of phenolic OH excluding ortho intramolecular Hbond substituents is 1. The van der Waals surface area contributed by atoms with Crippen LogP contribution in [-0.2, 0) is 0 Å². The van der Waals surface area contributed by atoms with Crippen molar-refractivity contribution in [1.82, 2.24) is 0 Å². The van der Waals surface area contributed by atoms with Crippen molar-refractivity contribution >= 4 is 28.9 Å². The molecule has 0 saturated heterocycles. The molecule has 19 heavy (non-hydrogen) atoms. The third-order valence-electron chi connectivity index (χ3n) is 2.55. The molecule has 3 N–H and O–H groups in total. The standard InChI is InChI=1S/C13H11NO4S/c1-7-4-5-19-11(7)12(16)14-10-3-2-8(15)6-9(10)13(17)18/h2-6,15H,1H3,(H,14,16)(H,17,18). The molecule has 0 aliphatic rings. The Hall–Kier alpha value is -2.34. The third-order valence-corrected chi connectivity index (χ3v) is 3.57. The average molecular weight is 277 g/mol. The molecule has 0 saturated carbocycles. The molecular formula is C13H11NO4S. The minimum Gasteiger partial charge on any atom is -0.508 e. The quantitative estimate of drug-likeness (QED) is 0.753. The summed E-state index contributed by atoms with van der Waals surface area (Å²) in [5.41, 5.74) is 0.837. The summed E-state index contributed by atoms with van der Waals surface area (Å²) >= 11 is 1.29. The second kappa shape index (κ2) is 5.11. The zero-order chi connectivity index (χ0) is 14.0. The lowest BCUT2D eigenvalue weighted by Crippen LogP contribution is -2.14. The molecule has 0 atom stereocenters. The van der Waals surface area contributed by atoms with E-state index in [1.165, 1.54) is 23.5 Å². The van der Waals surface area contributed by atoms with Crippen molar-refractivity contribution in [3.63, 3.8) is 0 Å². The van der Waals surface area contributed by atoms with Gasteiger partial charge in [0.15, 0.2) is 0 Å². The van der Waals surface area contributed by atoms with Crippen LogP contribution in [0.3, 0.4) is 0 Å². The van der Waals surface area contributed by atoms with E-state index in [0.29, 0.717) is 4.88 Å². The first-order chi connectivity index (χ1) is 8.99. The number of anilines is 1. The summed E-state index contributed by atoms with van der Waals surface area (Å²) in [6.45, 7) is 1.81. The molecule has 1 aromatic heterocycles. The number of nitrogens with one attached hydrogen (secondary N) is 1. The predicted molar refractivity (Wildman–Crippen MR) is 72.1 cm³/mol. The van der Waals surface area contributed by atoms with E-state index in [1.54, 1.807) is 12.3 Å². The van der Waals surface area contributed by atoms with E-state index in [-0.39, 0.29) is 22.9 Å². The fourth-order valence-electron chi connectivity index (χ4n) is 1.60. The van der Waals surface area contributed by atoms with Crippen molar-refractivity contribution in [2.45, 2.75) is 6.92 Å². The van der Waals surface area contributed by atoms with Gasteiger partial charge in [0, 0.05) is 0 Å². The Bertz CT molecular complexity index is 648. The summed E-state index contributed by atoms with van der Waals surface area (Å²) < 4.78 is 0. The molecule has 0 unspecified atom stereocenters. The number of aryl methyl sites for hydroxylation is 1. The summed E-state index contributed by atoms with van der Waals surface area (Å²) in [4.78, 5) is 23.6. The van der Waals surface area contributed by atoms with Crippen LogP contribution < -0.4 is 5.32 Å². The molecule has 0 bridgehead atoms. The first-order valence-electron chi connectivity index (χ1n) is 5.41. The highest BCUT2D eigenvalue weighted by atomic mass is 32.1. The molecule has 0 aliphatic carbocycles. The molecular weight excluding hydrogens is 266 g/mol. The van der Waals surface area contributed by atoms with Gasteiger partial charge in [-0.05, 0) is 42.1 Å². The van der Waals surface area contributed by atoms with Gasteiger partial charge in [-0.25, -0.2) is 4.79 Å². The Morgan fingerprint density at radius 1 is 1.26 bits per heavy atom. The van der Waals surface area contributed by atoms with Crippen LogP contribution in [0.5, 0.6) is 5.75 Å². The molecule has 5 nitrogen and oxygen atoms in total. The van der Waals surface area contributed by atoms with E-state index < -0.39 is 5.97 Å². The summed E-state index contributed by atoms with van der Waals surface area (Å²) in [5, 5.41) is 22.6. The number of carboxylic acid groups (broad SMARTS) is 1. The Morgan fingerprint density at radius 3 is 2.58 bits per heavy atom. The van der Waals surface area contributed by atoms with Gasteiger partial charge in [0.2, 0.25) is 0 Å². The van der Waals surface area contributed by atoms with E-state index in [1.807, 2.05) is 6.07 Å². The molecule has 0 fully saturated rings. The Balaban J connectivity index is 2.32. The van der Waals surface area contributed by atoms with Crippen LogP contribution in [-0.4, -0.2) is 22.1 Å². The maximum absolute atomic E-state index is 12.0. The highest BCUT2D eigenvalue weighted by Crippen LogP contribution is 2.23. The van der Waals surface area contributed by atoms with Crippen LogP contribution >= 0.6 is 11.3 Å². The Kier molecular flexibility index (Phi) is 3.52. The van der Waals surface area contributed by atoms with Gasteiger partial charge in [0.25, 0.3) is 5.91 Å². The first kappa shape index (κ1) is 13.1. The second-order valence-corrected chi connectivity index (χ2v) is 4.84. The molecule has 1 aromatic carbocycles. The third kappa shape index (κ3) is 2.74. The van der Waals surface area contributed by atoms with Crippen molar-refractivity contribution < 1.29 is 19.8 Å². The summed E-state index contributed by atoms with van der Waals surface area (Å²) in [5.74, 6) is -1.74. The monoisotopic (exact) mass is 277 g/mol. The van der Waals surface area contributed by atoms with E-state index in [2.05, 4.69) is 5.32 Å². The number of aromatic hydroxyl groups is 1. The summed E-state index contributed by atoms with van der Waals surface area (Å²) in [6.07, 6.45) is 0. The number of carbonyl (C=O) groups excluding carboxylic acids is 1. The van der Waals surface area contributed by atoms with Crippen LogP contribution in [0.25, 0.3) is 0 Å². The number of phenols is 1. The van der Waals surface area contributed by atoms with Crippen LogP contribution in [0.4, 0.5) is 5.69 Å². The molecule has 1 heterocycles. The molecule has 0 aliphatic heterocycles. The average Bonchev–Trinajstić information content (AvgIpc) is 2.77. The SMILES string of the molecule is Cc1ccsc1C(=O)Nc1ccc(O)cc1C(=O)O. The number of amides is 1. The lowest BCUT2D eigenvalue weighted by molar-refractivity contribution is 0.0697. The Labute approximate surface area is 113 Å². The van der Waals surface area contributed by atoms with E-state index >= 15 is 0 Å². The van der Waals surface area contributed by atoms with Crippen LogP contribution in [0.2, 0.25) is 0 Å². The van der Waals surface area contributed by atoms with Crippen molar-refractivity contribution in [2.75, 3.05) is 5.32 Å². The van der Waals surface area contributed by atoms with Crippen molar-refractivity contribution in [2.24, 2.45) is 0 Å². The molecule has 6 heteroatoms. The van der Waals surface area contributed by atoms with Gasteiger partial charge in [-0.2, -0.15) is 0 Å². The topological polar surface area (TPSA) is 86.6 Å². The van der Waals surface area contributed by atoms with Crippen LogP contribution in [0.1, 0.15) is 25.6 Å². The number of carboxylic acids is 1. The molecule has 0 spiro atoms. The predicted octanol–water partition coefficient (Wildman–Crippen LogP) is 2.71. The molecule has 2 aromatic rings. The van der Waals surface area contributed by atoms with Gasteiger partial charge in [-0.3, -0.25) is 4.79 Å². The largest absolute Gasteiger partial charge is 0.508 e. The fourth-order valence-corrected chi connectivity index (χ4v) is 2.42. The molecule has 2 rings (SSSR count). The van der Waals surface area contributed by atoms with Gasteiger partial charge < -0.3 is 15.5 Å². The normalized spacial score (nSPS) is 10.2. The minimum atomic E-state index is -1.21. The van der Waals surface area contributed by atoms with Crippen molar-refractivity contribution in [1.29, 1.82) is 0 Å². The maximum atomic E-state index is 12.0. The number of aromatic carboxylic acids is 1. The maximum Gasteiger partial charge on any atom is 0.337 e. The molecule has 0 radical (unpaired) electrons. The van der Waals surface area contributed by atoms with Crippen molar-refractivity contribution in [3.05, 3.63) is 45.6 Å². The molecule has 1 amide bonds. The zero-order valence-electron chi connectivity index (χ0n) is 10.0. The van der Waals surface area contributed by atoms with Crippen LogP contribution in [0, 0.1) is 6.92 Å². The second-order valence-electron chi connectivity index (χ2n) is 3.92. The zero-order valence-corrected chi connectivity index (χ0v) is 10.8. The number of hydrogen-bond acceptors (Lipinski definition) is 4. The number of rotatable bonds is 3. The lowest BCUT2D eigenvalue weighted by Gasteiger charge is -2.08. The number of benzene rings is 1. The van der Waals surface area contributed by atoms with Crippen molar-refractivity contribution in [3.8, 4) is 5.75 Å². The summed E-state index contributed by atoms with van der Waals surface area (Å²) in [7, 11) is 0.